The standard InChI is InChI=1S/C23H23N3O4S/c1-16-11-12-21(17(2)13-16)26-31(28,29)20-9-6-8-18(14-20)23(27)25-24-15-19-7-4-5-10-22(19)30-3/h4-15,26H,1-3H3,(H,25,27)/b24-15+. The van der Waals surface area contributed by atoms with Crippen LogP contribution in [0.15, 0.2) is 76.7 Å². The molecule has 3 aromatic carbocycles. The smallest absolute Gasteiger partial charge is 0.271 e. The van der Waals surface area contributed by atoms with Crippen molar-refractivity contribution in [3.8, 4) is 5.75 Å². The number of hydrogen-bond acceptors (Lipinski definition) is 5. The lowest BCUT2D eigenvalue weighted by atomic mass is 10.1. The molecule has 31 heavy (non-hydrogen) atoms. The maximum atomic E-state index is 12.8. The van der Waals surface area contributed by atoms with Gasteiger partial charge in [0.2, 0.25) is 0 Å². The zero-order chi connectivity index (χ0) is 22.4. The van der Waals surface area contributed by atoms with E-state index in [1.807, 2.05) is 38.1 Å². The Labute approximate surface area is 181 Å². The van der Waals surface area contributed by atoms with E-state index in [0.29, 0.717) is 17.0 Å². The summed E-state index contributed by atoms with van der Waals surface area (Å²) in [7, 11) is -2.32. The molecule has 0 heterocycles. The normalized spacial score (nSPS) is 11.3. The van der Waals surface area contributed by atoms with Gasteiger partial charge in [0.15, 0.2) is 0 Å². The summed E-state index contributed by atoms with van der Waals surface area (Å²) < 4.78 is 33.4. The highest BCUT2D eigenvalue weighted by molar-refractivity contribution is 7.92. The number of hydrogen-bond donors (Lipinski definition) is 2. The van der Waals surface area contributed by atoms with Crippen LogP contribution < -0.4 is 14.9 Å². The van der Waals surface area contributed by atoms with E-state index in [9.17, 15) is 13.2 Å². The Hall–Kier alpha value is -3.65. The lowest BCUT2D eigenvalue weighted by molar-refractivity contribution is 0.0955. The second-order valence-electron chi connectivity index (χ2n) is 6.89. The van der Waals surface area contributed by atoms with Gasteiger partial charge >= 0.3 is 0 Å². The highest BCUT2D eigenvalue weighted by atomic mass is 32.2. The summed E-state index contributed by atoms with van der Waals surface area (Å²) in [5.41, 5.74) is 5.59. The van der Waals surface area contributed by atoms with Crippen LogP contribution in [0.1, 0.15) is 27.0 Å². The zero-order valence-electron chi connectivity index (χ0n) is 17.4. The minimum atomic E-state index is -3.86. The van der Waals surface area contributed by atoms with Crippen molar-refractivity contribution in [2.24, 2.45) is 5.10 Å². The molecule has 0 saturated heterocycles. The van der Waals surface area contributed by atoms with E-state index in [1.165, 1.54) is 30.5 Å². The Bertz CT molecular complexity index is 1240. The summed E-state index contributed by atoms with van der Waals surface area (Å²) >= 11 is 0. The van der Waals surface area contributed by atoms with Crippen LogP contribution >= 0.6 is 0 Å². The minimum Gasteiger partial charge on any atom is -0.496 e. The number of amides is 1. The molecule has 0 spiro atoms. The van der Waals surface area contributed by atoms with Crippen molar-refractivity contribution in [1.82, 2.24) is 5.43 Å². The number of sulfonamides is 1. The summed E-state index contributed by atoms with van der Waals surface area (Å²) in [6, 6.07) is 18.4. The lowest BCUT2D eigenvalue weighted by Crippen LogP contribution is -2.19. The van der Waals surface area contributed by atoms with Crippen LogP contribution in [0.3, 0.4) is 0 Å². The number of carbonyl (C=O) groups is 1. The van der Waals surface area contributed by atoms with Gasteiger partial charge in [0.05, 0.1) is 23.9 Å². The number of aryl methyl sites for hydroxylation is 2. The average Bonchev–Trinajstić information content (AvgIpc) is 2.76. The maximum Gasteiger partial charge on any atom is 0.271 e. The number of nitrogens with zero attached hydrogens (tertiary/aromatic N) is 1. The molecular weight excluding hydrogens is 414 g/mol. The van der Waals surface area contributed by atoms with Crippen molar-refractivity contribution in [3.63, 3.8) is 0 Å². The van der Waals surface area contributed by atoms with Crippen molar-refractivity contribution < 1.29 is 17.9 Å². The van der Waals surface area contributed by atoms with Crippen molar-refractivity contribution in [2.75, 3.05) is 11.8 Å². The third-order valence-electron chi connectivity index (χ3n) is 4.54. The molecule has 3 aromatic rings. The first-order valence-electron chi connectivity index (χ1n) is 9.47. The number of anilines is 1. The molecule has 0 aliphatic heterocycles. The molecule has 0 aliphatic rings. The molecule has 0 saturated carbocycles. The van der Waals surface area contributed by atoms with Crippen molar-refractivity contribution >= 4 is 27.8 Å². The maximum absolute atomic E-state index is 12.8. The first-order valence-corrected chi connectivity index (χ1v) is 10.9. The van der Waals surface area contributed by atoms with Crippen LogP contribution in [0.5, 0.6) is 5.75 Å². The minimum absolute atomic E-state index is 0.0196. The number of hydrazone groups is 1. The largest absolute Gasteiger partial charge is 0.496 e. The second-order valence-corrected chi connectivity index (χ2v) is 8.58. The Morgan fingerprint density at radius 2 is 1.77 bits per heavy atom. The molecule has 0 fully saturated rings. The highest BCUT2D eigenvalue weighted by Gasteiger charge is 2.17. The number of carbonyl (C=O) groups excluding carboxylic acids is 1. The first kappa shape index (κ1) is 22.0. The zero-order valence-corrected chi connectivity index (χ0v) is 18.2. The lowest BCUT2D eigenvalue weighted by Gasteiger charge is -2.12. The topological polar surface area (TPSA) is 96.9 Å². The number of ether oxygens (including phenoxy) is 1. The summed E-state index contributed by atoms with van der Waals surface area (Å²) in [6.45, 7) is 3.76. The molecule has 0 aliphatic carbocycles. The molecule has 0 radical (unpaired) electrons. The molecule has 160 valence electrons. The van der Waals surface area contributed by atoms with Gasteiger partial charge in [0.1, 0.15) is 5.75 Å². The fourth-order valence-electron chi connectivity index (χ4n) is 2.93. The van der Waals surface area contributed by atoms with Gasteiger partial charge < -0.3 is 4.74 Å². The van der Waals surface area contributed by atoms with Crippen LogP contribution in [0.2, 0.25) is 0 Å². The fraction of sp³-hybridized carbons (Fsp3) is 0.130. The van der Waals surface area contributed by atoms with Gasteiger partial charge in [-0.25, -0.2) is 13.8 Å². The number of methoxy groups -OCH3 is 1. The molecule has 0 bridgehead atoms. The van der Waals surface area contributed by atoms with Crippen molar-refractivity contribution in [3.05, 3.63) is 89.0 Å². The Morgan fingerprint density at radius 3 is 2.52 bits per heavy atom. The highest BCUT2D eigenvalue weighted by Crippen LogP contribution is 2.21. The molecule has 0 atom stereocenters. The van der Waals surface area contributed by atoms with Gasteiger partial charge in [0, 0.05) is 11.1 Å². The van der Waals surface area contributed by atoms with Gasteiger partial charge in [-0.2, -0.15) is 5.10 Å². The molecule has 3 rings (SSSR count). The van der Waals surface area contributed by atoms with Gasteiger partial charge in [-0.05, 0) is 55.8 Å². The van der Waals surface area contributed by atoms with E-state index in [2.05, 4.69) is 15.2 Å². The van der Waals surface area contributed by atoms with Crippen LogP contribution in [0.25, 0.3) is 0 Å². The SMILES string of the molecule is COc1ccccc1/C=N/NC(=O)c1cccc(S(=O)(=O)Nc2ccc(C)cc2C)c1. The van der Waals surface area contributed by atoms with Gasteiger partial charge in [-0.3, -0.25) is 9.52 Å². The third kappa shape index (κ3) is 5.49. The van der Waals surface area contributed by atoms with E-state index < -0.39 is 15.9 Å². The predicted molar refractivity (Wildman–Crippen MR) is 121 cm³/mol. The summed E-state index contributed by atoms with van der Waals surface area (Å²) in [6.07, 6.45) is 1.46. The molecule has 7 nitrogen and oxygen atoms in total. The van der Waals surface area contributed by atoms with E-state index in [1.54, 1.807) is 25.3 Å². The van der Waals surface area contributed by atoms with Crippen LogP contribution in [0, 0.1) is 13.8 Å². The van der Waals surface area contributed by atoms with E-state index in [4.69, 9.17) is 4.74 Å². The predicted octanol–water partition coefficient (Wildman–Crippen LogP) is 3.88. The number of benzene rings is 3. The van der Waals surface area contributed by atoms with Crippen LogP contribution in [-0.2, 0) is 10.0 Å². The molecule has 0 unspecified atom stereocenters. The first-order chi connectivity index (χ1) is 14.8. The van der Waals surface area contributed by atoms with Gasteiger partial charge in [0.25, 0.3) is 15.9 Å². The van der Waals surface area contributed by atoms with Gasteiger partial charge in [-0.1, -0.05) is 35.9 Å². The molecule has 1 amide bonds. The molecular formula is C23H23N3O4S. The number of para-hydroxylation sites is 1. The molecule has 2 N–H and O–H groups in total. The van der Waals surface area contributed by atoms with Crippen molar-refractivity contribution in [1.29, 1.82) is 0 Å². The summed E-state index contributed by atoms with van der Waals surface area (Å²) in [4.78, 5) is 12.4. The number of nitrogens with one attached hydrogen (secondary N) is 2. The van der Waals surface area contributed by atoms with Gasteiger partial charge in [-0.15, -0.1) is 0 Å². The summed E-state index contributed by atoms with van der Waals surface area (Å²) in [5, 5.41) is 3.94. The molecule has 0 aromatic heterocycles. The average molecular weight is 438 g/mol. The van der Waals surface area contributed by atoms with E-state index >= 15 is 0 Å². The van der Waals surface area contributed by atoms with E-state index in [0.717, 1.165) is 11.1 Å². The fourth-order valence-corrected chi connectivity index (χ4v) is 4.11. The molecule has 8 heteroatoms. The monoisotopic (exact) mass is 437 g/mol. The Morgan fingerprint density at radius 1 is 1.00 bits per heavy atom. The van der Waals surface area contributed by atoms with Crippen molar-refractivity contribution in [2.45, 2.75) is 18.7 Å². The second kappa shape index (κ2) is 9.44. The Kier molecular flexibility index (Phi) is 6.71. The Balaban J connectivity index is 1.75. The number of rotatable bonds is 7. The third-order valence-corrected chi connectivity index (χ3v) is 5.90. The summed E-state index contributed by atoms with van der Waals surface area (Å²) in [5.74, 6) is 0.0841. The van der Waals surface area contributed by atoms with Crippen LogP contribution in [-0.4, -0.2) is 27.6 Å². The quantitative estimate of drug-likeness (QED) is 0.433. The van der Waals surface area contributed by atoms with Crippen LogP contribution in [0.4, 0.5) is 5.69 Å². The van der Waals surface area contributed by atoms with E-state index in [-0.39, 0.29) is 10.5 Å².